The minimum Gasteiger partial charge on any atom is -0.506 e. The Morgan fingerprint density at radius 3 is 1.98 bits per heavy atom. The number of allylic oxidation sites excluding steroid dienone is 9. The third-order valence-electron chi connectivity index (χ3n) is 10.00. The summed E-state index contributed by atoms with van der Waals surface area (Å²) >= 11 is 0. The zero-order valence-electron chi connectivity index (χ0n) is 29.8. The quantitative estimate of drug-likeness (QED) is 0.0469. The number of ketones is 3. The maximum Gasteiger partial charge on any atom is 0.308 e. The summed E-state index contributed by atoms with van der Waals surface area (Å²) in [5, 5.41) is 22.2. The predicted octanol–water partition coefficient (Wildman–Crippen LogP) is 9.12. The molecule has 0 spiro atoms. The second-order valence-electron chi connectivity index (χ2n) is 14.6. The molecule has 7 heteroatoms. The van der Waals surface area contributed by atoms with Crippen LogP contribution in [0, 0.1) is 22.2 Å². The Morgan fingerprint density at radius 1 is 0.851 bits per heavy atom. The van der Waals surface area contributed by atoms with Crippen molar-refractivity contribution in [1.82, 2.24) is 0 Å². The number of fused-ring (bicyclic) bond motifs is 2. The number of carbonyl (C=O) groups excluding carboxylic acids is 4. The van der Waals surface area contributed by atoms with Gasteiger partial charge in [0.05, 0.1) is 5.41 Å². The zero-order chi connectivity index (χ0) is 35.5. The number of ether oxygens (including phenoxy) is 1. The van der Waals surface area contributed by atoms with Gasteiger partial charge in [-0.2, -0.15) is 0 Å². The van der Waals surface area contributed by atoms with E-state index in [-0.39, 0.29) is 48.0 Å². The molecule has 1 aromatic carbocycles. The molecule has 2 saturated carbocycles. The molecule has 0 radical (unpaired) electrons. The van der Waals surface area contributed by atoms with Gasteiger partial charge in [-0.1, -0.05) is 53.5 Å². The predicted molar refractivity (Wildman–Crippen MR) is 186 cm³/mol. The third-order valence-corrected chi connectivity index (χ3v) is 10.00. The van der Waals surface area contributed by atoms with Gasteiger partial charge in [0.1, 0.15) is 16.7 Å². The number of Topliss-reactive ketones (excluding diaryl/α,β-unsaturated/α-hetero) is 3. The van der Waals surface area contributed by atoms with E-state index >= 15 is 9.59 Å². The fourth-order valence-electron chi connectivity index (χ4n) is 7.35. The first-order valence-electron chi connectivity index (χ1n) is 16.5. The number of aliphatic hydroxyl groups excluding tert-OH is 1. The summed E-state index contributed by atoms with van der Waals surface area (Å²) in [6.45, 7) is 18.9. The van der Waals surface area contributed by atoms with Crippen LogP contribution < -0.4 is 4.74 Å². The van der Waals surface area contributed by atoms with E-state index in [0.29, 0.717) is 19.3 Å². The normalized spacial score (nSPS) is 26.3. The maximum absolute atomic E-state index is 15.3. The average Bonchev–Trinajstić information content (AvgIpc) is 2.96. The molecule has 2 bridgehead atoms. The van der Waals surface area contributed by atoms with E-state index in [1.807, 2.05) is 74.5 Å². The van der Waals surface area contributed by atoms with Gasteiger partial charge < -0.3 is 14.9 Å². The van der Waals surface area contributed by atoms with Crippen LogP contribution in [0.1, 0.15) is 113 Å². The van der Waals surface area contributed by atoms with Crippen molar-refractivity contribution in [3.63, 3.8) is 0 Å². The van der Waals surface area contributed by atoms with Crippen LogP contribution in [0.5, 0.6) is 11.5 Å². The maximum atomic E-state index is 15.3. The second-order valence-corrected chi connectivity index (χ2v) is 14.6. The summed E-state index contributed by atoms with van der Waals surface area (Å²) in [5.74, 6) is -3.78. The highest BCUT2D eigenvalue weighted by Crippen LogP contribution is 2.67. The molecule has 7 nitrogen and oxygen atoms in total. The largest absolute Gasteiger partial charge is 0.506 e. The van der Waals surface area contributed by atoms with Crippen LogP contribution in [0.25, 0.3) is 5.76 Å². The summed E-state index contributed by atoms with van der Waals surface area (Å²) in [4.78, 5) is 57.1. The summed E-state index contributed by atoms with van der Waals surface area (Å²) in [6, 6.07) is 3.81. The Balaban J connectivity index is 2.51. The molecule has 0 aliphatic heterocycles. The number of phenolic OH excluding ortho intramolecular Hbond substituents is 1. The molecule has 0 unspecified atom stereocenters. The van der Waals surface area contributed by atoms with E-state index < -0.39 is 45.1 Å². The number of benzene rings is 1. The van der Waals surface area contributed by atoms with Crippen LogP contribution in [0.2, 0.25) is 0 Å². The average molecular weight is 645 g/mol. The van der Waals surface area contributed by atoms with Gasteiger partial charge in [-0.3, -0.25) is 19.2 Å². The minimum atomic E-state index is -1.64. The van der Waals surface area contributed by atoms with Gasteiger partial charge in [0.2, 0.25) is 0 Å². The highest BCUT2D eigenvalue weighted by molar-refractivity contribution is 6.41. The SMILES string of the molecule is CC(=O)Oc1cc(C(O)=C2C(=O)[C@]3(CC=C(C)C)C[C@H](CC=C(C)C)[C@@](C)(CCC=C(C)C)[C@](CC=C(C)C)(C2=O)C3=O)ccc1O. The van der Waals surface area contributed by atoms with E-state index in [1.54, 1.807) is 0 Å². The van der Waals surface area contributed by atoms with E-state index in [9.17, 15) is 19.8 Å². The zero-order valence-corrected chi connectivity index (χ0v) is 29.8. The van der Waals surface area contributed by atoms with E-state index in [0.717, 1.165) is 22.3 Å². The van der Waals surface area contributed by atoms with Crippen molar-refractivity contribution in [2.75, 3.05) is 0 Å². The number of phenols is 1. The fraction of sp³-hybridized carbons (Fsp3) is 0.500. The number of aliphatic hydroxyl groups is 1. The molecular weight excluding hydrogens is 592 g/mol. The Hall–Kier alpha value is -4.00. The van der Waals surface area contributed by atoms with Crippen molar-refractivity contribution < 1.29 is 34.1 Å². The van der Waals surface area contributed by atoms with Crippen LogP contribution in [0.15, 0.2) is 70.4 Å². The Morgan fingerprint density at radius 2 is 1.43 bits per heavy atom. The molecule has 254 valence electrons. The number of rotatable bonds is 11. The molecular formula is C40H52O7. The lowest BCUT2D eigenvalue weighted by Gasteiger charge is -2.61. The van der Waals surface area contributed by atoms with Crippen LogP contribution >= 0.6 is 0 Å². The van der Waals surface area contributed by atoms with Gasteiger partial charge >= 0.3 is 5.97 Å². The van der Waals surface area contributed by atoms with Crippen molar-refractivity contribution in [2.24, 2.45) is 22.2 Å². The Bertz CT molecular complexity index is 1600. The van der Waals surface area contributed by atoms with Gasteiger partial charge in [0.15, 0.2) is 28.8 Å². The number of carbonyl (C=O) groups is 4. The minimum absolute atomic E-state index is 0.0187. The highest BCUT2D eigenvalue weighted by atomic mass is 16.5. The lowest BCUT2D eigenvalue weighted by atomic mass is 9.37. The molecule has 0 saturated heterocycles. The van der Waals surface area contributed by atoms with Crippen LogP contribution in [0.3, 0.4) is 0 Å². The van der Waals surface area contributed by atoms with Gasteiger partial charge in [-0.25, -0.2) is 0 Å². The van der Waals surface area contributed by atoms with E-state index in [4.69, 9.17) is 4.74 Å². The first-order chi connectivity index (χ1) is 21.8. The molecule has 47 heavy (non-hydrogen) atoms. The number of hydrogen-bond donors (Lipinski definition) is 2. The van der Waals surface area contributed by atoms with Gasteiger partial charge in [-0.15, -0.1) is 0 Å². The molecule has 0 amide bonds. The first kappa shape index (κ1) is 37.5. The topological polar surface area (TPSA) is 118 Å². The van der Waals surface area contributed by atoms with Crippen molar-refractivity contribution >= 4 is 29.1 Å². The second kappa shape index (κ2) is 14.4. The van der Waals surface area contributed by atoms with Gasteiger partial charge in [0, 0.05) is 12.5 Å². The van der Waals surface area contributed by atoms with E-state index in [2.05, 4.69) is 12.2 Å². The third kappa shape index (κ3) is 7.14. The van der Waals surface area contributed by atoms with E-state index in [1.165, 1.54) is 25.1 Å². The smallest absolute Gasteiger partial charge is 0.308 e. The highest BCUT2D eigenvalue weighted by Gasteiger charge is 2.74. The van der Waals surface area contributed by atoms with Crippen molar-refractivity contribution in [3.05, 3.63) is 75.9 Å². The Labute approximate surface area is 280 Å². The van der Waals surface area contributed by atoms with Crippen LogP contribution in [-0.2, 0) is 19.2 Å². The first-order valence-corrected chi connectivity index (χ1v) is 16.5. The molecule has 2 fully saturated rings. The Kier molecular flexibility index (Phi) is 11.5. The van der Waals surface area contributed by atoms with Crippen molar-refractivity contribution in [3.8, 4) is 11.5 Å². The summed E-state index contributed by atoms with van der Waals surface area (Å²) < 4.78 is 5.12. The number of aromatic hydroxyl groups is 1. The molecule has 2 aliphatic rings. The van der Waals surface area contributed by atoms with Crippen LogP contribution in [0.4, 0.5) is 0 Å². The molecule has 2 aliphatic carbocycles. The fourth-order valence-corrected chi connectivity index (χ4v) is 7.35. The molecule has 3 rings (SSSR count). The summed E-state index contributed by atoms with van der Waals surface area (Å²) in [5.41, 5.74) is -0.366. The van der Waals surface area contributed by atoms with Crippen LogP contribution in [-0.4, -0.2) is 33.5 Å². The van der Waals surface area contributed by atoms with Gasteiger partial charge in [-0.05, 0) is 123 Å². The van der Waals surface area contributed by atoms with Gasteiger partial charge in [0.25, 0.3) is 0 Å². The summed E-state index contributed by atoms with van der Waals surface area (Å²) in [7, 11) is 0. The molecule has 1 aromatic rings. The van der Waals surface area contributed by atoms with Crippen molar-refractivity contribution in [1.29, 1.82) is 0 Å². The molecule has 2 N–H and O–H groups in total. The summed E-state index contributed by atoms with van der Waals surface area (Å²) in [6.07, 6.45) is 10.3. The number of esters is 1. The monoisotopic (exact) mass is 644 g/mol. The lowest BCUT2D eigenvalue weighted by Crippen LogP contribution is -2.70. The van der Waals surface area contributed by atoms with Crippen molar-refractivity contribution in [2.45, 2.75) is 108 Å². The molecule has 0 aromatic heterocycles. The standard InChI is InChI=1S/C40H52O7/c1-24(2)12-11-19-38(10)30(15-13-25(3)4)23-39(20-17-26(5)6)35(44)33(36(45)40(38,37(39)46)21-18-27(7)8)34(43)29-14-16-31(42)32(22-29)47-28(9)41/h12-14,16-18,22,30,42-43H,11,15,19-21,23H2,1-10H3/t30-,38+,39-,40+/m0/s1. The molecule has 0 heterocycles. The molecule has 4 atom stereocenters. The lowest BCUT2D eigenvalue weighted by molar-refractivity contribution is -0.178. The number of hydrogen-bond acceptors (Lipinski definition) is 7.